The van der Waals surface area contributed by atoms with Crippen molar-refractivity contribution < 1.29 is 14.2 Å². The van der Waals surface area contributed by atoms with E-state index in [1.807, 2.05) is 12.1 Å². The first-order chi connectivity index (χ1) is 13.3. The van der Waals surface area contributed by atoms with Crippen LogP contribution >= 0.6 is 0 Å². The predicted molar refractivity (Wildman–Crippen MR) is 110 cm³/mol. The Labute approximate surface area is 159 Å². The number of ether oxygens (including phenoxy) is 3. The molecule has 4 aromatic rings. The highest BCUT2D eigenvalue weighted by molar-refractivity contribution is 5.86. The largest absolute Gasteiger partial charge is 0.496 e. The lowest BCUT2D eigenvalue weighted by molar-refractivity contribution is 0.0506. The molecule has 0 fully saturated rings. The molecule has 4 rings (SSSR count). The van der Waals surface area contributed by atoms with Crippen LogP contribution in [0.3, 0.4) is 0 Å². The van der Waals surface area contributed by atoms with Crippen molar-refractivity contribution in [2.24, 2.45) is 0 Å². The molecule has 0 aromatic heterocycles. The summed E-state index contributed by atoms with van der Waals surface area (Å²) >= 11 is 0. The lowest BCUT2D eigenvalue weighted by atomic mass is 9.97. The lowest BCUT2D eigenvalue weighted by Gasteiger charge is -2.15. The summed E-state index contributed by atoms with van der Waals surface area (Å²) in [4.78, 5) is 0. The van der Waals surface area contributed by atoms with Gasteiger partial charge in [-0.05, 0) is 56.9 Å². The van der Waals surface area contributed by atoms with E-state index in [1.165, 1.54) is 16.2 Å². The normalized spacial score (nSPS) is 11.0. The summed E-state index contributed by atoms with van der Waals surface area (Å²) in [6.45, 7) is 0.222. The van der Waals surface area contributed by atoms with Gasteiger partial charge in [-0.3, -0.25) is 0 Å². The first kappa shape index (κ1) is 17.4. The van der Waals surface area contributed by atoms with Crippen molar-refractivity contribution >= 4 is 21.5 Å². The summed E-state index contributed by atoms with van der Waals surface area (Å²) in [6, 6.07) is 25.2. The smallest absolute Gasteiger partial charge is 0.188 e. The summed E-state index contributed by atoms with van der Waals surface area (Å²) in [5.41, 5.74) is 2.24. The van der Waals surface area contributed by atoms with Crippen LogP contribution in [-0.4, -0.2) is 21.0 Å². The molecule has 0 N–H and O–H groups in total. The molecular formula is C24H22O3. The Bertz CT molecular complexity index is 1090. The van der Waals surface area contributed by atoms with E-state index in [0.717, 1.165) is 34.4 Å². The van der Waals surface area contributed by atoms with Crippen LogP contribution in [0.15, 0.2) is 72.8 Å². The first-order valence-corrected chi connectivity index (χ1v) is 8.97. The molecule has 0 atom stereocenters. The fourth-order valence-corrected chi connectivity index (χ4v) is 3.46. The molecule has 0 aliphatic heterocycles. The molecule has 4 aromatic carbocycles. The quantitative estimate of drug-likeness (QED) is 0.421. The van der Waals surface area contributed by atoms with Gasteiger partial charge in [-0.25, -0.2) is 0 Å². The van der Waals surface area contributed by atoms with E-state index < -0.39 is 0 Å². The van der Waals surface area contributed by atoms with Crippen LogP contribution < -0.4 is 9.47 Å². The standard InChI is InChI=1S/C24H22O3/c1-25-16-27-24-15-20-10-6-4-8-18(20)12-22(24)13-21-11-17-7-3-5-9-19(17)14-23(21)26-2/h3-12,14-15H,13,16H2,1-2H3. The Morgan fingerprint density at radius 3 is 1.63 bits per heavy atom. The Kier molecular flexibility index (Phi) is 4.95. The van der Waals surface area contributed by atoms with Crippen molar-refractivity contribution in [2.45, 2.75) is 6.42 Å². The van der Waals surface area contributed by atoms with E-state index in [0.29, 0.717) is 0 Å². The number of fused-ring (bicyclic) bond motifs is 2. The second-order valence-electron chi connectivity index (χ2n) is 6.55. The zero-order chi connectivity index (χ0) is 18.6. The summed E-state index contributed by atoms with van der Waals surface area (Å²) < 4.78 is 16.7. The number of benzene rings is 4. The van der Waals surface area contributed by atoms with Crippen molar-refractivity contribution in [3.63, 3.8) is 0 Å². The lowest BCUT2D eigenvalue weighted by Crippen LogP contribution is -2.03. The van der Waals surface area contributed by atoms with Crippen LogP contribution in [0.25, 0.3) is 21.5 Å². The SMILES string of the molecule is COCOc1cc2ccccc2cc1Cc1cc2ccccc2cc1OC. The van der Waals surface area contributed by atoms with Crippen LogP contribution in [0.2, 0.25) is 0 Å². The molecule has 136 valence electrons. The van der Waals surface area contributed by atoms with Crippen LogP contribution in [0, 0.1) is 0 Å². The summed E-state index contributed by atoms with van der Waals surface area (Å²) in [7, 11) is 3.35. The molecule has 3 heteroatoms. The molecule has 0 aliphatic rings. The molecular weight excluding hydrogens is 336 g/mol. The third-order valence-corrected chi connectivity index (χ3v) is 4.79. The minimum Gasteiger partial charge on any atom is -0.496 e. The molecule has 0 spiro atoms. The third-order valence-electron chi connectivity index (χ3n) is 4.79. The molecule has 0 bridgehead atoms. The molecule has 0 radical (unpaired) electrons. The Morgan fingerprint density at radius 1 is 0.630 bits per heavy atom. The fourth-order valence-electron chi connectivity index (χ4n) is 3.46. The summed E-state index contributed by atoms with van der Waals surface area (Å²) in [6.07, 6.45) is 0.720. The summed E-state index contributed by atoms with van der Waals surface area (Å²) in [5, 5.41) is 4.72. The van der Waals surface area contributed by atoms with Gasteiger partial charge < -0.3 is 14.2 Å². The van der Waals surface area contributed by atoms with Gasteiger partial charge >= 0.3 is 0 Å². The van der Waals surface area contributed by atoms with Crippen molar-refractivity contribution in [1.29, 1.82) is 0 Å². The van der Waals surface area contributed by atoms with Gasteiger partial charge in [0, 0.05) is 13.5 Å². The number of rotatable bonds is 6. The van der Waals surface area contributed by atoms with Crippen molar-refractivity contribution in [3.05, 3.63) is 83.9 Å². The van der Waals surface area contributed by atoms with Gasteiger partial charge in [0.05, 0.1) is 7.11 Å². The van der Waals surface area contributed by atoms with E-state index in [2.05, 4.69) is 60.7 Å². The Balaban J connectivity index is 1.81. The summed E-state index contributed by atoms with van der Waals surface area (Å²) in [5.74, 6) is 1.73. The average Bonchev–Trinajstić information content (AvgIpc) is 2.71. The Hall–Kier alpha value is -3.04. The van der Waals surface area contributed by atoms with Gasteiger partial charge in [-0.1, -0.05) is 48.5 Å². The highest BCUT2D eigenvalue weighted by Crippen LogP contribution is 2.33. The van der Waals surface area contributed by atoms with Crippen molar-refractivity contribution in [3.8, 4) is 11.5 Å². The second-order valence-corrected chi connectivity index (χ2v) is 6.55. The predicted octanol–water partition coefficient (Wildman–Crippen LogP) is 5.58. The molecule has 0 amide bonds. The van der Waals surface area contributed by atoms with E-state index in [4.69, 9.17) is 14.2 Å². The van der Waals surface area contributed by atoms with Gasteiger partial charge in [0.1, 0.15) is 11.5 Å². The zero-order valence-corrected chi connectivity index (χ0v) is 15.6. The molecule has 0 heterocycles. The van der Waals surface area contributed by atoms with Gasteiger partial charge in [-0.2, -0.15) is 0 Å². The zero-order valence-electron chi connectivity index (χ0n) is 15.6. The molecule has 0 unspecified atom stereocenters. The highest BCUT2D eigenvalue weighted by Gasteiger charge is 2.12. The van der Waals surface area contributed by atoms with Crippen LogP contribution in [0.1, 0.15) is 11.1 Å². The van der Waals surface area contributed by atoms with Gasteiger partial charge in [0.2, 0.25) is 0 Å². The third kappa shape index (κ3) is 3.60. The Morgan fingerprint density at radius 2 is 1.11 bits per heavy atom. The van der Waals surface area contributed by atoms with Crippen LogP contribution in [0.4, 0.5) is 0 Å². The van der Waals surface area contributed by atoms with Gasteiger partial charge in [0.15, 0.2) is 6.79 Å². The maximum Gasteiger partial charge on any atom is 0.188 e. The van der Waals surface area contributed by atoms with E-state index >= 15 is 0 Å². The topological polar surface area (TPSA) is 27.7 Å². The monoisotopic (exact) mass is 358 g/mol. The number of hydrogen-bond donors (Lipinski definition) is 0. The number of hydrogen-bond acceptors (Lipinski definition) is 3. The maximum absolute atomic E-state index is 5.86. The van der Waals surface area contributed by atoms with Gasteiger partial charge in [0.25, 0.3) is 0 Å². The molecule has 0 saturated carbocycles. The van der Waals surface area contributed by atoms with Crippen LogP contribution in [0.5, 0.6) is 11.5 Å². The molecule has 0 aliphatic carbocycles. The van der Waals surface area contributed by atoms with Crippen LogP contribution in [-0.2, 0) is 11.2 Å². The number of methoxy groups -OCH3 is 2. The minimum absolute atomic E-state index is 0.222. The van der Waals surface area contributed by atoms with Gasteiger partial charge in [-0.15, -0.1) is 0 Å². The minimum atomic E-state index is 0.222. The second kappa shape index (κ2) is 7.68. The van der Waals surface area contributed by atoms with Crippen molar-refractivity contribution in [2.75, 3.05) is 21.0 Å². The molecule has 0 saturated heterocycles. The first-order valence-electron chi connectivity index (χ1n) is 8.97. The fraction of sp³-hybridized carbons (Fsp3) is 0.167. The van der Waals surface area contributed by atoms with E-state index in [-0.39, 0.29) is 6.79 Å². The molecule has 3 nitrogen and oxygen atoms in total. The van der Waals surface area contributed by atoms with Crippen molar-refractivity contribution in [1.82, 2.24) is 0 Å². The van der Waals surface area contributed by atoms with E-state index in [9.17, 15) is 0 Å². The molecule has 27 heavy (non-hydrogen) atoms. The average molecular weight is 358 g/mol. The highest BCUT2D eigenvalue weighted by atomic mass is 16.7. The maximum atomic E-state index is 5.86. The van der Waals surface area contributed by atoms with E-state index in [1.54, 1.807) is 14.2 Å².